The summed E-state index contributed by atoms with van der Waals surface area (Å²) in [6.45, 7) is 4.74. The quantitative estimate of drug-likeness (QED) is 0.448. The lowest BCUT2D eigenvalue weighted by atomic mass is 11.0. The standard InChI is InChI=1S/2C4H10Cl2Si/c2*1-3-7(5,6)4-2/h2*3-4H2,1-2H3. The monoisotopic (exact) mass is 312 g/mol. The maximum atomic E-state index is 5.81. The highest BCUT2D eigenvalue weighted by Gasteiger charge is 2.22. The maximum absolute atomic E-state index is 5.81. The van der Waals surface area contributed by atoms with E-state index in [1.54, 1.807) is 0 Å². The second kappa shape index (κ2) is 8.71. The van der Waals surface area contributed by atoms with E-state index in [1.807, 2.05) is 27.7 Å². The highest BCUT2D eigenvalue weighted by atomic mass is 35.7. The molecular formula is C8H20Cl4Si2. The zero-order valence-corrected chi connectivity index (χ0v) is 14.4. The van der Waals surface area contributed by atoms with Crippen LogP contribution in [0.15, 0.2) is 0 Å². The van der Waals surface area contributed by atoms with Crippen LogP contribution in [0, 0.1) is 0 Å². The van der Waals surface area contributed by atoms with Crippen LogP contribution in [0.4, 0.5) is 0 Å². The summed E-state index contributed by atoms with van der Waals surface area (Å²) in [7, 11) is 0. The molecule has 0 aromatic heterocycles. The topological polar surface area (TPSA) is 0 Å². The van der Waals surface area contributed by atoms with Gasteiger partial charge < -0.3 is 0 Å². The summed E-state index contributed by atoms with van der Waals surface area (Å²) in [5.74, 6) is 0. The van der Waals surface area contributed by atoms with Gasteiger partial charge in [0.05, 0.1) is 0 Å². The molecule has 0 amide bonds. The minimum Gasteiger partial charge on any atom is -0.146 e. The van der Waals surface area contributed by atoms with E-state index in [9.17, 15) is 0 Å². The van der Waals surface area contributed by atoms with Crippen molar-refractivity contribution in [1.29, 1.82) is 0 Å². The van der Waals surface area contributed by atoms with Crippen molar-refractivity contribution in [2.75, 3.05) is 0 Å². The molecule has 0 radical (unpaired) electrons. The number of rotatable bonds is 4. The molecule has 0 aliphatic heterocycles. The van der Waals surface area contributed by atoms with Crippen molar-refractivity contribution >= 4 is 57.7 Å². The third-order valence-corrected chi connectivity index (χ3v) is 12.6. The molecule has 0 bridgehead atoms. The molecule has 0 nitrogen and oxygen atoms in total. The summed E-state index contributed by atoms with van der Waals surface area (Å²) in [6.07, 6.45) is 0. The first-order valence-electron chi connectivity index (χ1n) is 5.00. The smallest absolute Gasteiger partial charge is 0.146 e. The Labute approximate surface area is 109 Å². The Balaban J connectivity index is 0. The molecule has 0 rings (SSSR count). The predicted molar refractivity (Wildman–Crippen MR) is 76.8 cm³/mol. The van der Waals surface area contributed by atoms with Crippen LogP contribution in [0.3, 0.4) is 0 Å². The van der Waals surface area contributed by atoms with Gasteiger partial charge in [0.15, 0.2) is 0 Å². The molecule has 88 valence electrons. The van der Waals surface area contributed by atoms with Crippen LogP contribution in [0.2, 0.25) is 24.2 Å². The molecule has 0 atom stereocenters. The van der Waals surface area contributed by atoms with Crippen LogP contribution >= 0.6 is 44.3 Å². The Hall–Kier alpha value is 1.59. The maximum Gasteiger partial charge on any atom is 0.250 e. The van der Waals surface area contributed by atoms with Gasteiger partial charge in [0.2, 0.25) is 0 Å². The molecule has 0 aromatic rings. The second-order valence-corrected chi connectivity index (χ2v) is 19.2. The van der Waals surface area contributed by atoms with Gasteiger partial charge in [0, 0.05) is 0 Å². The van der Waals surface area contributed by atoms with E-state index < -0.39 is 13.4 Å². The Morgan fingerprint density at radius 2 is 0.714 bits per heavy atom. The van der Waals surface area contributed by atoms with Gasteiger partial charge in [-0.15, -0.1) is 44.3 Å². The van der Waals surface area contributed by atoms with Crippen LogP contribution in [-0.4, -0.2) is 13.4 Å². The van der Waals surface area contributed by atoms with E-state index in [4.69, 9.17) is 44.3 Å². The Morgan fingerprint density at radius 1 is 0.571 bits per heavy atom. The minimum atomic E-state index is -1.71. The molecule has 0 aromatic carbocycles. The third kappa shape index (κ3) is 11.7. The Morgan fingerprint density at radius 3 is 0.714 bits per heavy atom. The summed E-state index contributed by atoms with van der Waals surface area (Å²) in [4.78, 5) is 0. The highest BCUT2D eigenvalue weighted by molar-refractivity contribution is 7.45. The largest absolute Gasteiger partial charge is 0.250 e. The predicted octanol–water partition coefficient (Wildman–Crippen LogP) is 5.89. The number of hydrogen-bond acceptors (Lipinski definition) is 0. The fourth-order valence-corrected chi connectivity index (χ4v) is 1.50. The fraction of sp³-hybridized carbons (Fsp3) is 1.00. The second-order valence-electron chi connectivity index (χ2n) is 3.13. The molecule has 0 spiro atoms. The van der Waals surface area contributed by atoms with Crippen LogP contribution < -0.4 is 0 Å². The molecule has 6 heteroatoms. The average Bonchev–Trinajstić information content (AvgIpc) is 2.19. The molecule has 0 saturated heterocycles. The van der Waals surface area contributed by atoms with Crippen molar-refractivity contribution in [3.05, 3.63) is 0 Å². The Bertz CT molecular complexity index is 111. The van der Waals surface area contributed by atoms with E-state index in [1.165, 1.54) is 0 Å². The summed E-state index contributed by atoms with van der Waals surface area (Å²) in [6, 6.07) is 3.86. The van der Waals surface area contributed by atoms with Crippen molar-refractivity contribution < 1.29 is 0 Å². The van der Waals surface area contributed by atoms with Gasteiger partial charge in [-0.2, -0.15) is 0 Å². The normalized spacial score (nSPS) is 12.0. The molecule has 0 N–H and O–H groups in total. The van der Waals surface area contributed by atoms with Crippen molar-refractivity contribution in [3.8, 4) is 0 Å². The van der Waals surface area contributed by atoms with Crippen LogP contribution in [0.25, 0.3) is 0 Å². The van der Waals surface area contributed by atoms with Gasteiger partial charge in [-0.1, -0.05) is 27.7 Å². The Kier molecular flexibility index (Phi) is 11.2. The molecule has 0 unspecified atom stereocenters. The van der Waals surface area contributed by atoms with Gasteiger partial charge in [-0.05, 0) is 24.2 Å². The van der Waals surface area contributed by atoms with Crippen molar-refractivity contribution in [1.82, 2.24) is 0 Å². The summed E-state index contributed by atoms with van der Waals surface area (Å²) >= 11 is 23.2. The lowest BCUT2D eigenvalue weighted by Gasteiger charge is -2.08. The molecule has 0 saturated carbocycles. The summed E-state index contributed by atoms with van der Waals surface area (Å²) in [5.41, 5.74) is 0. The van der Waals surface area contributed by atoms with Gasteiger partial charge >= 0.3 is 0 Å². The minimum absolute atomic E-state index is 0.965. The van der Waals surface area contributed by atoms with Crippen molar-refractivity contribution in [2.45, 2.75) is 51.9 Å². The first-order chi connectivity index (χ1) is 6.24. The first kappa shape index (κ1) is 18.0. The van der Waals surface area contributed by atoms with Crippen LogP contribution in [0.1, 0.15) is 27.7 Å². The summed E-state index contributed by atoms with van der Waals surface area (Å²) in [5, 5.41) is 0. The molecule has 0 aliphatic carbocycles. The first-order valence-corrected chi connectivity index (χ1v) is 13.9. The van der Waals surface area contributed by atoms with E-state index in [-0.39, 0.29) is 0 Å². The zero-order chi connectivity index (χ0) is 11.8. The average molecular weight is 314 g/mol. The molecular weight excluding hydrogens is 294 g/mol. The third-order valence-electron chi connectivity index (χ3n) is 2.07. The van der Waals surface area contributed by atoms with Crippen molar-refractivity contribution in [3.63, 3.8) is 0 Å². The van der Waals surface area contributed by atoms with Crippen LogP contribution in [0.5, 0.6) is 0 Å². The summed E-state index contributed by atoms with van der Waals surface area (Å²) < 4.78 is 0. The lowest BCUT2D eigenvalue weighted by molar-refractivity contribution is 1.33. The van der Waals surface area contributed by atoms with Gasteiger partial charge in [0.25, 0.3) is 13.4 Å². The van der Waals surface area contributed by atoms with Crippen LogP contribution in [-0.2, 0) is 0 Å². The van der Waals surface area contributed by atoms with Gasteiger partial charge in [-0.3, -0.25) is 0 Å². The van der Waals surface area contributed by atoms with Gasteiger partial charge in [-0.25, -0.2) is 0 Å². The number of halogens is 4. The van der Waals surface area contributed by atoms with Crippen molar-refractivity contribution in [2.24, 2.45) is 0 Å². The zero-order valence-electron chi connectivity index (χ0n) is 9.34. The molecule has 0 aliphatic rings. The van der Waals surface area contributed by atoms with Gasteiger partial charge in [0.1, 0.15) is 0 Å². The molecule has 0 fully saturated rings. The van der Waals surface area contributed by atoms with E-state index in [2.05, 4.69) is 0 Å². The molecule has 14 heavy (non-hydrogen) atoms. The fourth-order valence-electron chi connectivity index (χ4n) is 0.500. The van der Waals surface area contributed by atoms with E-state index >= 15 is 0 Å². The number of hydrogen-bond donors (Lipinski definition) is 0. The SMILES string of the molecule is CC[Si](Cl)(Cl)CC.CC[Si](Cl)(Cl)CC. The van der Waals surface area contributed by atoms with E-state index in [0.29, 0.717) is 0 Å². The lowest BCUT2D eigenvalue weighted by Crippen LogP contribution is -2.13. The highest BCUT2D eigenvalue weighted by Crippen LogP contribution is 2.24. The molecule has 0 heterocycles. The van der Waals surface area contributed by atoms with E-state index in [0.717, 1.165) is 24.2 Å².